The Morgan fingerprint density at radius 3 is 1.60 bits per heavy atom. The molecule has 4 atom stereocenters. The van der Waals surface area contributed by atoms with E-state index in [-0.39, 0.29) is 35.5 Å². The normalized spacial score (nSPS) is 21.1. The number of halogens is 2. The van der Waals surface area contributed by atoms with E-state index in [2.05, 4.69) is 82.3 Å². The molecule has 3 N–H and O–H groups in total. The smallest absolute Gasteiger partial charge is 0.295 e. The van der Waals surface area contributed by atoms with Crippen molar-refractivity contribution in [3.05, 3.63) is 141 Å². The minimum absolute atomic E-state index is 0.00625. The van der Waals surface area contributed by atoms with Gasteiger partial charge in [-0.2, -0.15) is 0 Å². The Bertz CT molecular complexity index is 2690. The van der Waals surface area contributed by atoms with Gasteiger partial charge in [-0.3, -0.25) is 29.0 Å². The first-order valence-corrected chi connectivity index (χ1v) is 24.9. The lowest BCUT2D eigenvalue weighted by Gasteiger charge is -2.44. The molecule has 0 spiro atoms. The third-order valence-electron chi connectivity index (χ3n) is 13.9. The molecule has 6 aromatic rings. The summed E-state index contributed by atoms with van der Waals surface area (Å²) in [5, 5.41) is 5.60. The minimum Gasteiger partial charge on any atom is -0.361 e. The number of fused-ring (bicyclic) bond motifs is 2. The van der Waals surface area contributed by atoms with Crippen LogP contribution in [-0.2, 0) is 17.9 Å². The molecule has 4 saturated heterocycles. The first kappa shape index (κ1) is 48.9. The van der Waals surface area contributed by atoms with Gasteiger partial charge in [0.05, 0.1) is 26.7 Å². The zero-order chi connectivity index (χ0) is 47.9. The van der Waals surface area contributed by atoms with E-state index < -0.39 is 11.7 Å². The number of nitrogens with one attached hydrogen (secondary N) is 3. The zero-order valence-electron chi connectivity index (χ0n) is 39.6. The lowest BCUT2D eigenvalue weighted by atomic mass is 10.0. The average molecular weight is 960 g/mol. The number of Topliss-reactive ketones (excluding diaryl/α,β-unsaturated/α-hetero) is 1. The molecule has 0 radical (unpaired) electrons. The third kappa shape index (κ3) is 11.3. The summed E-state index contributed by atoms with van der Waals surface area (Å²) in [6.45, 7) is 16.8. The van der Waals surface area contributed by atoms with E-state index in [0.717, 1.165) is 49.9 Å². The fourth-order valence-corrected chi connectivity index (χ4v) is 10.4. The van der Waals surface area contributed by atoms with Gasteiger partial charge in [-0.25, -0.2) is 0 Å². The van der Waals surface area contributed by atoms with Crippen molar-refractivity contribution in [2.24, 2.45) is 0 Å². The maximum Gasteiger partial charge on any atom is 0.295 e. The van der Waals surface area contributed by atoms with Crippen LogP contribution in [0.5, 0.6) is 0 Å². The van der Waals surface area contributed by atoms with Gasteiger partial charge in [-0.15, -0.1) is 0 Å². The zero-order valence-corrected chi connectivity index (χ0v) is 41.2. The van der Waals surface area contributed by atoms with Crippen molar-refractivity contribution in [2.75, 3.05) is 52.4 Å². The molecule has 2 aromatic heterocycles. The lowest BCUT2D eigenvalue weighted by molar-refractivity contribution is -0.125. The van der Waals surface area contributed by atoms with E-state index >= 15 is 0 Å². The van der Waals surface area contributed by atoms with Gasteiger partial charge in [-0.1, -0.05) is 83.9 Å². The van der Waals surface area contributed by atoms with Crippen molar-refractivity contribution in [1.82, 2.24) is 39.8 Å². The topological polar surface area (TPSA) is 128 Å². The Kier molecular flexibility index (Phi) is 16.0. The number of hydrogen-bond donors (Lipinski definition) is 3. The molecule has 3 amide bonds. The van der Waals surface area contributed by atoms with Crippen molar-refractivity contribution in [3.63, 3.8) is 0 Å². The van der Waals surface area contributed by atoms with E-state index in [1.807, 2.05) is 65.4 Å². The number of carbonyl (C=O) groups excluding carboxylic acids is 4. The molecule has 0 bridgehead atoms. The van der Waals surface area contributed by atoms with Crippen LogP contribution in [0, 0.1) is 0 Å². The van der Waals surface area contributed by atoms with Crippen molar-refractivity contribution < 1.29 is 19.2 Å². The summed E-state index contributed by atoms with van der Waals surface area (Å²) in [7, 11) is 0. The van der Waals surface area contributed by atoms with Gasteiger partial charge in [0, 0.05) is 111 Å². The van der Waals surface area contributed by atoms with Gasteiger partial charge >= 0.3 is 0 Å². The number of ketones is 1. The van der Waals surface area contributed by atoms with Crippen LogP contribution in [0.3, 0.4) is 0 Å². The number of nitrogens with zero attached hydrogens (tertiary/aromatic N) is 5. The molecule has 4 fully saturated rings. The minimum atomic E-state index is -0.555. The number of carbonyl (C=O) groups is 4. The predicted molar refractivity (Wildman–Crippen MR) is 272 cm³/mol. The molecule has 12 nitrogen and oxygen atoms in total. The number of aromatic nitrogens is 2. The molecule has 6 heterocycles. The van der Waals surface area contributed by atoms with Crippen LogP contribution in [-0.4, -0.2) is 134 Å². The van der Waals surface area contributed by atoms with Crippen LogP contribution in [0.15, 0.2) is 103 Å². The highest BCUT2D eigenvalue weighted by Gasteiger charge is 2.35. The van der Waals surface area contributed by atoms with Gasteiger partial charge in [0.2, 0.25) is 0 Å². The number of amides is 3. The monoisotopic (exact) mass is 958 g/mol. The first-order valence-electron chi connectivity index (χ1n) is 24.2. The number of aromatic amines is 2. The summed E-state index contributed by atoms with van der Waals surface area (Å²) in [4.78, 5) is 69.1. The van der Waals surface area contributed by atoms with E-state index in [9.17, 15) is 19.2 Å². The maximum absolute atomic E-state index is 13.7. The van der Waals surface area contributed by atoms with E-state index in [1.54, 1.807) is 23.2 Å². The van der Waals surface area contributed by atoms with Crippen LogP contribution in [0.25, 0.3) is 21.8 Å². The Morgan fingerprint density at radius 2 is 1.09 bits per heavy atom. The van der Waals surface area contributed by atoms with Crippen molar-refractivity contribution in [2.45, 2.75) is 90.6 Å². The van der Waals surface area contributed by atoms with Crippen LogP contribution in [0.1, 0.15) is 95.6 Å². The number of likely N-dealkylation sites (tertiary alicyclic amines) is 1. The molecule has 4 aliphatic rings. The molecule has 14 heteroatoms. The number of piperazine rings is 2. The van der Waals surface area contributed by atoms with Crippen molar-refractivity contribution in [3.8, 4) is 0 Å². The number of rotatable bonds is 8. The second-order valence-corrected chi connectivity index (χ2v) is 19.7. The van der Waals surface area contributed by atoms with E-state index in [0.29, 0.717) is 64.3 Å². The van der Waals surface area contributed by atoms with Gasteiger partial charge in [0.1, 0.15) is 0 Å². The second kappa shape index (κ2) is 22.3. The Balaban J connectivity index is 0.000000172. The van der Waals surface area contributed by atoms with Crippen LogP contribution >= 0.6 is 23.2 Å². The lowest BCUT2D eigenvalue weighted by Crippen LogP contribution is -2.57. The highest BCUT2D eigenvalue weighted by molar-refractivity contribution is 6.45. The molecule has 4 aromatic carbocycles. The highest BCUT2D eigenvalue weighted by Crippen LogP contribution is 2.31. The molecular formula is C54H64Cl2N8O4. The number of hydrogen-bond acceptors (Lipinski definition) is 7. The fourth-order valence-electron chi connectivity index (χ4n) is 9.89. The largest absolute Gasteiger partial charge is 0.361 e. The summed E-state index contributed by atoms with van der Waals surface area (Å²) >= 11 is 13.0. The molecular weight excluding hydrogens is 896 g/mol. The standard InChI is InChI=1S/C28H31ClN4O3.C22H24ClN3O.C4H9N/c1-18-16-33(19(2)15-32(18)17-20-8-4-3-5-9-20)27(35)22-12-21-23(14-30-25(21)13-24(22)29)26(34)28(36)31-10-6-7-11-31;1-15-13-26(16(2)12-25(15)14-17-6-4-3-5-7-17)22(27)19-10-18-8-9-24-21(18)11-20(19)23;1-2-4-5-3-1/h3-5,8-9,12-14,18-19,30H,6-7,10-11,15-17H2,1-2H3;3-11,15-16,24H,12-14H2,1-2H3;5H,1-4H2/t18-,19+;15-,16+;/m00./s1. The highest BCUT2D eigenvalue weighted by atomic mass is 35.5. The van der Waals surface area contributed by atoms with Gasteiger partial charge in [0.25, 0.3) is 23.5 Å². The molecule has 0 unspecified atom stereocenters. The molecule has 4 aliphatic heterocycles. The van der Waals surface area contributed by atoms with E-state index in [4.69, 9.17) is 23.2 Å². The summed E-state index contributed by atoms with van der Waals surface area (Å²) in [6.07, 6.45) is 8.01. The molecule has 0 saturated carbocycles. The third-order valence-corrected chi connectivity index (χ3v) is 14.5. The number of benzene rings is 4. The van der Waals surface area contributed by atoms with Crippen molar-refractivity contribution in [1.29, 1.82) is 0 Å². The summed E-state index contributed by atoms with van der Waals surface area (Å²) in [6, 6.07) is 30.4. The van der Waals surface area contributed by atoms with Gasteiger partial charge < -0.3 is 30.0 Å². The summed E-state index contributed by atoms with van der Waals surface area (Å²) in [5.74, 6) is -1.19. The van der Waals surface area contributed by atoms with Crippen LogP contribution in [0.4, 0.5) is 0 Å². The quantitative estimate of drug-likeness (QED) is 0.103. The second-order valence-electron chi connectivity index (χ2n) is 18.9. The predicted octanol–water partition coefficient (Wildman–Crippen LogP) is 9.29. The maximum atomic E-state index is 13.7. The molecule has 0 aliphatic carbocycles. The van der Waals surface area contributed by atoms with Crippen LogP contribution < -0.4 is 5.32 Å². The van der Waals surface area contributed by atoms with E-state index in [1.165, 1.54) is 37.1 Å². The Labute approximate surface area is 409 Å². The summed E-state index contributed by atoms with van der Waals surface area (Å²) in [5.41, 5.74) is 5.34. The van der Waals surface area contributed by atoms with Gasteiger partial charge in [-0.05, 0) is 108 Å². The first-order chi connectivity index (χ1) is 32.9. The molecule has 358 valence electrons. The Morgan fingerprint density at radius 1 is 0.574 bits per heavy atom. The van der Waals surface area contributed by atoms with Crippen LogP contribution in [0.2, 0.25) is 10.0 Å². The molecule has 10 rings (SSSR count). The SMILES string of the molecule is C1CCNC1.C[C@@H]1CN(Cc2ccccc2)[C@@H](C)CN1C(=O)c1cc2c(C(=O)C(=O)N3CCCC3)c[nH]c2cc1Cl.C[C@@H]1CN(Cc2ccccc2)[C@@H](C)CN1C(=O)c1cc2cc[nH]c2cc1Cl. The molecule has 68 heavy (non-hydrogen) atoms. The average Bonchev–Trinajstić information content (AvgIpc) is 4.21. The summed E-state index contributed by atoms with van der Waals surface area (Å²) < 4.78 is 0. The Hall–Kier alpha value is -5.50. The van der Waals surface area contributed by atoms with Gasteiger partial charge in [0.15, 0.2) is 0 Å². The van der Waals surface area contributed by atoms with Crippen molar-refractivity contribution >= 4 is 68.5 Å². The number of H-pyrrole nitrogens is 2. The fraction of sp³-hybridized carbons (Fsp3) is 0.407.